The molecule has 0 saturated heterocycles. The Kier molecular flexibility index (Phi) is 5.93. The maximum Gasteiger partial charge on any atom is 0.294 e. The van der Waals surface area contributed by atoms with Gasteiger partial charge in [0.05, 0.1) is 30.8 Å². The van der Waals surface area contributed by atoms with Crippen molar-refractivity contribution in [1.82, 2.24) is 19.6 Å². The molecule has 202 valence electrons. The Morgan fingerprint density at radius 2 is 2.05 bits per heavy atom. The van der Waals surface area contributed by atoms with Gasteiger partial charge in [0, 0.05) is 29.7 Å². The van der Waals surface area contributed by atoms with Gasteiger partial charge < -0.3 is 23.5 Å². The minimum absolute atomic E-state index is 0.0746. The molecule has 0 aliphatic carbocycles. The van der Waals surface area contributed by atoms with E-state index >= 15 is 0 Å². The fourth-order valence-corrected chi connectivity index (χ4v) is 6.22. The Morgan fingerprint density at radius 1 is 1.15 bits per heavy atom. The van der Waals surface area contributed by atoms with Crippen LogP contribution in [0.4, 0.5) is 5.69 Å². The molecule has 6 aromatic rings. The standard InChI is InChI=1S/C28H23N5O5S2/c1-15-29-21(14-39-15)26(34)32-8-7-18-16(5-4-6-22(18)32)13-37-23-9-17(35-2)10-24-19(23)11-25(38-24)20-12-33-27(30-20)40-28(31-33)36-3/h4-6,9-12,14H,7-8,13H2,1-3H3. The highest BCUT2D eigenvalue weighted by molar-refractivity contribution is 7.18. The number of benzene rings is 2. The van der Waals surface area contributed by atoms with E-state index in [1.54, 1.807) is 29.8 Å². The van der Waals surface area contributed by atoms with Crippen LogP contribution in [0.3, 0.4) is 0 Å². The summed E-state index contributed by atoms with van der Waals surface area (Å²) in [6.45, 7) is 2.84. The Labute approximate surface area is 236 Å². The summed E-state index contributed by atoms with van der Waals surface area (Å²) in [5.74, 6) is 1.77. The molecule has 0 radical (unpaired) electrons. The van der Waals surface area contributed by atoms with Crippen molar-refractivity contribution in [2.75, 3.05) is 25.7 Å². The molecular formula is C28H23N5O5S2. The summed E-state index contributed by atoms with van der Waals surface area (Å²) in [6.07, 6.45) is 2.56. The largest absolute Gasteiger partial charge is 0.496 e. The van der Waals surface area contributed by atoms with Crippen LogP contribution in [-0.2, 0) is 13.0 Å². The molecule has 0 saturated carbocycles. The van der Waals surface area contributed by atoms with Crippen LogP contribution in [0.1, 0.15) is 26.6 Å². The van der Waals surface area contributed by atoms with E-state index in [2.05, 4.69) is 15.1 Å². The number of imidazole rings is 1. The number of amides is 1. The Bertz CT molecular complexity index is 1870. The second-order valence-corrected chi connectivity index (χ2v) is 11.2. The van der Waals surface area contributed by atoms with Gasteiger partial charge in [0.1, 0.15) is 35.1 Å². The average Bonchev–Trinajstić information content (AvgIpc) is 3.77. The lowest BCUT2D eigenvalue weighted by Crippen LogP contribution is -2.29. The monoisotopic (exact) mass is 573 g/mol. The number of fused-ring (bicyclic) bond motifs is 3. The molecule has 4 aromatic heterocycles. The molecule has 1 amide bonds. The van der Waals surface area contributed by atoms with Crippen LogP contribution in [0.25, 0.3) is 27.4 Å². The maximum atomic E-state index is 13.1. The zero-order valence-electron chi connectivity index (χ0n) is 21.8. The third-order valence-corrected chi connectivity index (χ3v) is 8.51. The van der Waals surface area contributed by atoms with E-state index in [4.69, 9.17) is 18.6 Å². The molecule has 1 aliphatic rings. The number of nitrogens with zero attached hydrogens (tertiary/aromatic N) is 5. The van der Waals surface area contributed by atoms with E-state index in [0.717, 1.165) is 33.6 Å². The van der Waals surface area contributed by atoms with Crippen molar-refractivity contribution in [2.24, 2.45) is 0 Å². The van der Waals surface area contributed by atoms with Gasteiger partial charge in [-0.25, -0.2) is 14.5 Å². The van der Waals surface area contributed by atoms with Crippen molar-refractivity contribution >= 4 is 50.2 Å². The summed E-state index contributed by atoms with van der Waals surface area (Å²) < 4.78 is 24.9. The van der Waals surface area contributed by atoms with Crippen molar-refractivity contribution in [2.45, 2.75) is 20.0 Å². The molecule has 1 aliphatic heterocycles. The lowest BCUT2D eigenvalue weighted by Gasteiger charge is -2.17. The minimum atomic E-state index is -0.0746. The second kappa shape index (κ2) is 9.65. The van der Waals surface area contributed by atoms with E-state index < -0.39 is 0 Å². The first-order valence-corrected chi connectivity index (χ1v) is 14.2. The number of carbonyl (C=O) groups excluding carboxylic acids is 1. The van der Waals surface area contributed by atoms with E-state index in [0.29, 0.717) is 57.5 Å². The number of aryl methyl sites for hydroxylation is 1. The first-order chi connectivity index (χ1) is 19.5. The highest BCUT2D eigenvalue weighted by atomic mass is 32.1. The summed E-state index contributed by atoms with van der Waals surface area (Å²) >= 11 is 2.83. The Hall–Kier alpha value is -4.42. The lowest BCUT2D eigenvalue weighted by molar-refractivity contribution is 0.0985. The quantitative estimate of drug-likeness (QED) is 0.237. The Morgan fingerprint density at radius 3 is 2.83 bits per heavy atom. The van der Waals surface area contributed by atoms with Crippen molar-refractivity contribution in [3.05, 3.63) is 69.8 Å². The fourth-order valence-electron chi connectivity index (χ4n) is 4.94. The highest BCUT2D eigenvalue weighted by Gasteiger charge is 2.28. The van der Waals surface area contributed by atoms with Crippen LogP contribution in [0, 0.1) is 6.92 Å². The van der Waals surface area contributed by atoms with E-state index in [1.165, 1.54) is 22.7 Å². The maximum absolute atomic E-state index is 13.1. The molecule has 2 aromatic carbocycles. The number of carbonyl (C=O) groups is 1. The molecule has 5 heterocycles. The van der Waals surface area contributed by atoms with Crippen LogP contribution >= 0.6 is 22.7 Å². The van der Waals surface area contributed by atoms with Crippen molar-refractivity contribution in [3.8, 4) is 28.1 Å². The summed E-state index contributed by atoms with van der Waals surface area (Å²) in [5.41, 5.74) is 4.80. The Balaban J connectivity index is 1.18. The number of aromatic nitrogens is 4. The predicted octanol–water partition coefficient (Wildman–Crippen LogP) is 5.77. The van der Waals surface area contributed by atoms with Gasteiger partial charge in [-0.15, -0.1) is 16.4 Å². The number of hydrogen-bond donors (Lipinski definition) is 0. The zero-order chi connectivity index (χ0) is 27.4. The van der Waals surface area contributed by atoms with Crippen molar-refractivity contribution < 1.29 is 23.4 Å². The molecule has 7 rings (SSSR count). The molecule has 0 atom stereocenters. The summed E-state index contributed by atoms with van der Waals surface area (Å²) in [4.78, 5) is 24.6. The number of rotatable bonds is 7. The van der Waals surface area contributed by atoms with E-state index in [-0.39, 0.29) is 5.91 Å². The summed E-state index contributed by atoms with van der Waals surface area (Å²) in [6, 6.07) is 11.6. The SMILES string of the molecule is COc1cc(OCc2cccc3c2CCN3C(=O)c2csc(C)n2)c2cc(-c3cn4nc(OC)sc4n3)oc2c1. The first kappa shape index (κ1) is 24.6. The van der Waals surface area contributed by atoms with Gasteiger partial charge in [0.15, 0.2) is 5.76 Å². The van der Waals surface area contributed by atoms with Crippen LogP contribution in [0.15, 0.2) is 52.4 Å². The van der Waals surface area contributed by atoms with Gasteiger partial charge in [-0.2, -0.15) is 0 Å². The van der Waals surface area contributed by atoms with Crippen molar-refractivity contribution in [3.63, 3.8) is 0 Å². The number of anilines is 1. The number of hydrogen-bond acceptors (Lipinski definition) is 10. The average molecular weight is 574 g/mol. The van der Waals surface area contributed by atoms with Gasteiger partial charge in [0.25, 0.3) is 11.1 Å². The number of methoxy groups -OCH3 is 2. The van der Waals surface area contributed by atoms with Gasteiger partial charge in [-0.05, 0) is 47.9 Å². The molecule has 0 bridgehead atoms. The molecule has 12 heteroatoms. The fraction of sp³-hybridized carbons (Fsp3) is 0.214. The number of ether oxygens (including phenoxy) is 3. The molecule has 0 spiro atoms. The minimum Gasteiger partial charge on any atom is -0.496 e. The van der Waals surface area contributed by atoms with Gasteiger partial charge in [-0.3, -0.25) is 4.79 Å². The molecular weight excluding hydrogens is 550 g/mol. The molecule has 40 heavy (non-hydrogen) atoms. The zero-order valence-corrected chi connectivity index (χ0v) is 23.5. The normalized spacial score (nSPS) is 12.8. The smallest absolute Gasteiger partial charge is 0.294 e. The third kappa shape index (κ3) is 4.16. The lowest BCUT2D eigenvalue weighted by atomic mass is 10.1. The second-order valence-electron chi connectivity index (χ2n) is 9.24. The molecule has 0 unspecified atom stereocenters. The number of furan rings is 1. The van der Waals surface area contributed by atoms with Gasteiger partial charge in [-0.1, -0.05) is 12.1 Å². The molecule has 10 nitrogen and oxygen atoms in total. The first-order valence-electron chi connectivity index (χ1n) is 12.5. The summed E-state index contributed by atoms with van der Waals surface area (Å²) in [5, 5.41) is 8.38. The van der Waals surface area contributed by atoms with E-state index in [9.17, 15) is 4.79 Å². The molecule has 0 N–H and O–H groups in total. The predicted molar refractivity (Wildman–Crippen MR) is 152 cm³/mol. The van der Waals surface area contributed by atoms with Gasteiger partial charge in [0.2, 0.25) is 4.96 Å². The topological polar surface area (TPSA) is 104 Å². The van der Waals surface area contributed by atoms with E-state index in [1.807, 2.05) is 48.7 Å². The highest BCUT2D eigenvalue weighted by Crippen LogP contribution is 2.38. The number of thiazole rings is 1. The summed E-state index contributed by atoms with van der Waals surface area (Å²) in [7, 11) is 3.19. The third-order valence-electron chi connectivity index (χ3n) is 6.85. The van der Waals surface area contributed by atoms with Crippen LogP contribution in [-0.4, -0.2) is 46.3 Å². The van der Waals surface area contributed by atoms with Crippen molar-refractivity contribution in [1.29, 1.82) is 0 Å². The van der Waals surface area contributed by atoms with Crippen LogP contribution in [0.5, 0.6) is 16.7 Å². The van der Waals surface area contributed by atoms with Crippen LogP contribution in [0.2, 0.25) is 0 Å². The van der Waals surface area contributed by atoms with Gasteiger partial charge >= 0.3 is 0 Å². The van der Waals surface area contributed by atoms with Crippen LogP contribution < -0.4 is 19.1 Å². The molecule has 0 fully saturated rings.